The molecule has 2 rings (SSSR count). The molecule has 1 aliphatic heterocycles. The van der Waals surface area contributed by atoms with Gasteiger partial charge in [-0.3, -0.25) is 14.9 Å². The Hall–Kier alpha value is -1.86. The van der Waals surface area contributed by atoms with Crippen molar-refractivity contribution in [1.82, 2.24) is 4.90 Å². The minimum absolute atomic E-state index is 0.00357. The number of nitrogens with two attached hydrogens (primary N) is 1. The Bertz CT molecular complexity index is 564. The second-order valence-corrected chi connectivity index (χ2v) is 4.99. The van der Waals surface area contributed by atoms with Crippen LogP contribution in [-0.2, 0) is 4.74 Å². The van der Waals surface area contributed by atoms with Crippen LogP contribution in [0.25, 0.3) is 0 Å². The molecule has 2 N–H and O–H groups in total. The van der Waals surface area contributed by atoms with E-state index >= 15 is 0 Å². The molecular formula is C12H14ClN3O4. The van der Waals surface area contributed by atoms with Crippen LogP contribution < -0.4 is 5.73 Å². The summed E-state index contributed by atoms with van der Waals surface area (Å²) in [6.07, 6.45) is -0.0630. The van der Waals surface area contributed by atoms with Crippen molar-refractivity contribution < 1.29 is 14.5 Å². The van der Waals surface area contributed by atoms with Crippen LogP contribution in [0, 0.1) is 10.1 Å². The van der Waals surface area contributed by atoms with Crippen molar-refractivity contribution in [1.29, 1.82) is 0 Å². The number of benzene rings is 1. The average molecular weight is 300 g/mol. The first-order valence-corrected chi connectivity index (χ1v) is 6.42. The molecule has 0 bridgehead atoms. The van der Waals surface area contributed by atoms with Crippen LogP contribution >= 0.6 is 11.6 Å². The molecule has 7 nitrogen and oxygen atoms in total. The zero-order valence-electron chi connectivity index (χ0n) is 10.8. The average Bonchev–Trinajstić information content (AvgIpc) is 2.40. The summed E-state index contributed by atoms with van der Waals surface area (Å²) in [7, 11) is 0. The summed E-state index contributed by atoms with van der Waals surface area (Å²) >= 11 is 5.85. The number of rotatable bonds is 2. The lowest BCUT2D eigenvalue weighted by Crippen LogP contribution is -2.44. The van der Waals surface area contributed by atoms with Gasteiger partial charge in [0, 0.05) is 24.7 Å². The predicted octanol–water partition coefficient (Wildman–Crippen LogP) is 1.69. The molecule has 8 heteroatoms. The molecule has 0 radical (unpaired) electrons. The highest BCUT2D eigenvalue weighted by Crippen LogP contribution is 2.31. The summed E-state index contributed by atoms with van der Waals surface area (Å²) < 4.78 is 5.35. The van der Waals surface area contributed by atoms with Crippen molar-refractivity contribution >= 4 is 28.9 Å². The highest BCUT2D eigenvalue weighted by atomic mass is 35.5. The van der Waals surface area contributed by atoms with E-state index in [9.17, 15) is 14.9 Å². The first-order chi connectivity index (χ1) is 9.40. The number of halogens is 1. The number of hydrogen-bond donors (Lipinski definition) is 1. The van der Waals surface area contributed by atoms with Crippen molar-refractivity contribution in [2.75, 3.05) is 25.4 Å². The largest absolute Gasteiger partial charge is 0.392 e. The Morgan fingerprint density at radius 3 is 2.90 bits per heavy atom. The van der Waals surface area contributed by atoms with Crippen LogP contribution in [-0.4, -0.2) is 41.5 Å². The molecule has 0 saturated carbocycles. The van der Waals surface area contributed by atoms with E-state index in [4.69, 9.17) is 22.1 Å². The number of nitrogen functional groups attached to an aromatic ring is 1. The van der Waals surface area contributed by atoms with E-state index in [1.807, 2.05) is 6.92 Å². The number of carbonyl (C=O) groups excluding carboxylic acids is 1. The van der Waals surface area contributed by atoms with Gasteiger partial charge in [-0.1, -0.05) is 11.6 Å². The van der Waals surface area contributed by atoms with Gasteiger partial charge >= 0.3 is 0 Å². The zero-order chi connectivity index (χ0) is 14.9. The molecule has 1 unspecified atom stereocenters. The fourth-order valence-corrected chi connectivity index (χ4v) is 2.28. The quantitative estimate of drug-likeness (QED) is 0.509. The minimum atomic E-state index is -0.653. The summed E-state index contributed by atoms with van der Waals surface area (Å²) in [6, 6.07) is 2.51. The number of anilines is 1. The molecule has 108 valence electrons. The Kier molecular flexibility index (Phi) is 4.10. The first-order valence-electron chi connectivity index (χ1n) is 6.04. The maximum Gasteiger partial charge on any atom is 0.294 e. The Labute approximate surface area is 120 Å². The molecule has 0 spiro atoms. The number of carbonyl (C=O) groups is 1. The molecule has 1 amide bonds. The van der Waals surface area contributed by atoms with Gasteiger partial charge in [0.2, 0.25) is 0 Å². The van der Waals surface area contributed by atoms with E-state index in [1.165, 1.54) is 6.07 Å². The third kappa shape index (κ3) is 2.83. The Morgan fingerprint density at radius 1 is 1.60 bits per heavy atom. The van der Waals surface area contributed by atoms with Crippen LogP contribution in [0.4, 0.5) is 11.4 Å². The summed E-state index contributed by atoms with van der Waals surface area (Å²) in [4.78, 5) is 24.2. The van der Waals surface area contributed by atoms with Crippen LogP contribution in [0.15, 0.2) is 12.1 Å². The maximum absolute atomic E-state index is 12.3. The summed E-state index contributed by atoms with van der Waals surface area (Å²) in [5, 5.41) is 10.9. The van der Waals surface area contributed by atoms with Crippen molar-refractivity contribution in [3.63, 3.8) is 0 Å². The minimum Gasteiger partial charge on any atom is -0.392 e. The molecular weight excluding hydrogens is 286 g/mol. The molecule has 20 heavy (non-hydrogen) atoms. The number of nitrogens with zero attached hydrogens (tertiary/aromatic N) is 2. The number of morpholine rings is 1. The van der Waals surface area contributed by atoms with Gasteiger partial charge in [-0.15, -0.1) is 0 Å². The van der Waals surface area contributed by atoms with Gasteiger partial charge in [-0.25, -0.2) is 0 Å². The molecule has 0 aromatic heterocycles. The summed E-state index contributed by atoms with van der Waals surface area (Å²) in [6.45, 7) is 3.18. The highest BCUT2D eigenvalue weighted by molar-refractivity contribution is 6.34. The van der Waals surface area contributed by atoms with Gasteiger partial charge in [0.05, 0.1) is 22.7 Å². The van der Waals surface area contributed by atoms with Crippen molar-refractivity contribution in [2.45, 2.75) is 13.0 Å². The number of amides is 1. The van der Waals surface area contributed by atoms with E-state index in [0.29, 0.717) is 19.7 Å². The van der Waals surface area contributed by atoms with Crippen molar-refractivity contribution in [2.24, 2.45) is 0 Å². The highest BCUT2D eigenvalue weighted by Gasteiger charge is 2.25. The third-order valence-corrected chi connectivity index (χ3v) is 3.39. The van der Waals surface area contributed by atoms with Crippen LogP contribution in [0.2, 0.25) is 5.02 Å². The van der Waals surface area contributed by atoms with E-state index in [-0.39, 0.29) is 34.0 Å². The second-order valence-electron chi connectivity index (χ2n) is 4.58. The fraction of sp³-hybridized carbons (Fsp3) is 0.417. The van der Waals surface area contributed by atoms with E-state index in [2.05, 4.69) is 0 Å². The van der Waals surface area contributed by atoms with Crippen molar-refractivity contribution in [3.05, 3.63) is 32.8 Å². The van der Waals surface area contributed by atoms with Crippen LogP contribution in [0.5, 0.6) is 0 Å². The summed E-state index contributed by atoms with van der Waals surface area (Å²) in [5.41, 5.74) is 5.20. The van der Waals surface area contributed by atoms with Crippen molar-refractivity contribution in [3.8, 4) is 0 Å². The van der Waals surface area contributed by atoms with E-state index in [1.54, 1.807) is 4.90 Å². The van der Waals surface area contributed by atoms with Gasteiger partial charge in [0.1, 0.15) is 5.69 Å². The maximum atomic E-state index is 12.3. The van der Waals surface area contributed by atoms with Gasteiger partial charge in [0.25, 0.3) is 11.6 Å². The Morgan fingerprint density at radius 2 is 2.30 bits per heavy atom. The SMILES string of the molecule is CC1CN(C(=O)c2cc(Cl)c(N)c([N+](=O)[O-])c2)CCO1. The smallest absolute Gasteiger partial charge is 0.294 e. The normalized spacial score (nSPS) is 18.9. The van der Waals surface area contributed by atoms with Gasteiger partial charge in [-0.05, 0) is 13.0 Å². The number of nitro groups is 1. The van der Waals surface area contributed by atoms with Gasteiger partial charge in [0.15, 0.2) is 0 Å². The number of hydrogen-bond acceptors (Lipinski definition) is 5. The number of ether oxygens (including phenoxy) is 1. The van der Waals surface area contributed by atoms with Gasteiger partial charge < -0.3 is 15.4 Å². The fourth-order valence-electron chi connectivity index (χ4n) is 2.06. The lowest BCUT2D eigenvalue weighted by Gasteiger charge is -2.31. The van der Waals surface area contributed by atoms with Crippen LogP contribution in [0.1, 0.15) is 17.3 Å². The lowest BCUT2D eigenvalue weighted by molar-refractivity contribution is -0.383. The standard InChI is InChI=1S/C12H14ClN3O4/c1-7-6-15(2-3-20-7)12(17)8-4-9(13)11(14)10(5-8)16(18)19/h4-5,7H,2-3,6,14H2,1H3. The third-order valence-electron chi connectivity index (χ3n) is 3.08. The summed E-state index contributed by atoms with van der Waals surface area (Å²) in [5.74, 6) is -0.315. The zero-order valence-corrected chi connectivity index (χ0v) is 11.6. The Balaban J connectivity index is 2.32. The monoisotopic (exact) mass is 299 g/mol. The van der Waals surface area contributed by atoms with E-state index < -0.39 is 4.92 Å². The molecule has 1 aromatic carbocycles. The van der Waals surface area contributed by atoms with Gasteiger partial charge in [-0.2, -0.15) is 0 Å². The molecule has 1 atom stereocenters. The molecule has 0 aliphatic carbocycles. The molecule has 1 fully saturated rings. The second kappa shape index (κ2) is 5.64. The first kappa shape index (κ1) is 14.5. The molecule has 1 aromatic rings. The number of nitro benzene ring substituents is 1. The molecule has 1 saturated heterocycles. The predicted molar refractivity (Wildman–Crippen MR) is 73.8 cm³/mol. The van der Waals surface area contributed by atoms with Crippen LogP contribution in [0.3, 0.4) is 0 Å². The van der Waals surface area contributed by atoms with E-state index in [0.717, 1.165) is 6.07 Å². The lowest BCUT2D eigenvalue weighted by atomic mass is 10.1. The molecule has 1 aliphatic rings. The molecule has 1 heterocycles. The topological polar surface area (TPSA) is 98.7 Å².